The number of benzene rings is 1. The predicted molar refractivity (Wildman–Crippen MR) is 77.4 cm³/mol. The van der Waals surface area contributed by atoms with Crippen LogP contribution in [-0.2, 0) is 6.42 Å². The summed E-state index contributed by atoms with van der Waals surface area (Å²) in [6, 6.07) is 10.2. The molecule has 0 radical (unpaired) electrons. The lowest BCUT2D eigenvalue weighted by molar-refractivity contribution is 0.500. The van der Waals surface area contributed by atoms with E-state index in [0.717, 1.165) is 30.9 Å². The molecule has 0 amide bonds. The van der Waals surface area contributed by atoms with Crippen LogP contribution in [0.3, 0.4) is 0 Å². The molecule has 0 bridgehead atoms. The summed E-state index contributed by atoms with van der Waals surface area (Å²) in [5.74, 6) is 0.576. The highest BCUT2D eigenvalue weighted by Gasteiger charge is 2.10. The van der Waals surface area contributed by atoms with Gasteiger partial charge in [0, 0.05) is 0 Å². The van der Waals surface area contributed by atoms with Gasteiger partial charge in [-0.3, -0.25) is 0 Å². The Labute approximate surface area is 114 Å². The van der Waals surface area contributed by atoms with Gasteiger partial charge in [-0.15, -0.1) is 5.10 Å². The third-order valence-corrected chi connectivity index (χ3v) is 3.10. The van der Waals surface area contributed by atoms with Crippen LogP contribution in [0.25, 0.3) is 5.69 Å². The molecule has 1 unspecified atom stereocenters. The second kappa shape index (κ2) is 7.04. The molecule has 2 aromatic rings. The molecular weight excluding hydrogens is 236 g/mol. The molecule has 0 spiro atoms. The van der Waals surface area contributed by atoms with Gasteiger partial charge in [0.1, 0.15) is 0 Å². The Morgan fingerprint density at radius 1 is 1.26 bits per heavy atom. The van der Waals surface area contributed by atoms with Gasteiger partial charge >= 0.3 is 0 Å². The molecule has 0 saturated carbocycles. The summed E-state index contributed by atoms with van der Waals surface area (Å²) in [5, 5.41) is 11.7. The van der Waals surface area contributed by atoms with Crippen molar-refractivity contribution in [3.63, 3.8) is 0 Å². The van der Waals surface area contributed by atoms with Crippen molar-refractivity contribution in [1.29, 1.82) is 0 Å². The molecule has 1 N–H and O–H groups in total. The van der Waals surface area contributed by atoms with Crippen LogP contribution in [0.1, 0.15) is 26.0 Å². The van der Waals surface area contributed by atoms with E-state index in [2.05, 4.69) is 41.6 Å². The SMILES string of the molecule is CCCNCC(C)Cc1cnnn1-c1ccccc1. The summed E-state index contributed by atoms with van der Waals surface area (Å²) in [5.41, 5.74) is 2.24. The van der Waals surface area contributed by atoms with Gasteiger partial charge in [0.2, 0.25) is 0 Å². The van der Waals surface area contributed by atoms with E-state index in [4.69, 9.17) is 0 Å². The maximum Gasteiger partial charge on any atom is 0.0729 e. The van der Waals surface area contributed by atoms with E-state index >= 15 is 0 Å². The van der Waals surface area contributed by atoms with Gasteiger partial charge in [-0.1, -0.05) is 37.3 Å². The van der Waals surface area contributed by atoms with Gasteiger partial charge < -0.3 is 5.32 Å². The second-order valence-electron chi connectivity index (χ2n) is 4.99. The molecule has 1 heterocycles. The molecule has 4 nitrogen and oxygen atoms in total. The number of hydrogen-bond acceptors (Lipinski definition) is 3. The van der Waals surface area contributed by atoms with Crippen molar-refractivity contribution in [2.75, 3.05) is 13.1 Å². The molecule has 0 aliphatic carbocycles. The Hall–Kier alpha value is -1.68. The summed E-state index contributed by atoms with van der Waals surface area (Å²) >= 11 is 0. The number of hydrogen-bond donors (Lipinski definition) is 1. The standard InChI is InChI=1S/C15H22N4/c1-3-9-16-11-13(2)10-15-12-17-18-19(15)14-7-5-4-6-8-14/h4-8,12-13,16H,3,9-11H2,1-2H3. The van der Waals surface area contributed by atoms with Crippen molar-refractivity contribution >= 4 is 0 Å². The van der Waals surface area contributed by atoms with Crippen LogP contribution >= 0.6 is 0 Å². The lowest BCUT2D eigenvalue weighted by Gasteiger charge is -2.13. The van der Waals surface area contributed by atoms with E-state index in [-0.39, 0.29) is 0 Å². The van der Waals surface area contributed by atoms with Crippen molar-refractivity contribution in [2.24, 2.45) is 5.92 Å². The van der Waals surface area contributed by atoms with Crippen LogP contribution in [0.2, 0.25) is 0 Å². The molecule has 102 valence electrons. The van der Waals surface area contributed by atoms with Crippen LogP contribution in [0, 0.1) is 5.92 Å². The minimum absolute atomic E-state index is 0.576. The fraction of sp³-hybridized carbons (Fsp3) is 0.467. The Kier molecular flexibility index (Phi) is 5.10. The molecule has 0 aliphatic rings. The van der Waals surface area contributed by atoms with E-state index in [1.54, 1.807) is 0 Å². The van der Waals surface area contributed by atoms with E-state index in [9.17, 15) is 0 Å². The fourth-order valence-corrected chi connectivity index (χ4v) is 2.14. The number of aromatic nitrogens is 3. The maximum atomic E-state index is 4.18. The largest absolute Gasteiger partial charge is 0.316 e. The molecule has 1 aromatic carbocycles. The molecule has 4 heteroatoms. The smallest absolute Gasteiger partial charge is 0.0729 e. The van der Waals surface area contributed by atoms with E-state index in [1.165, 1.54) is 6.42 Å². The zero-order valence-electron chi connectivity index (χ0n) is 11.7. The van der Waals surface area contributed by atoms with Crippen molar-refractivity contribution < 1.29 is 0 Å². The number of para-hydroxylation sites is 1. The molecular formula is C15H22N4. The Balaban J connectivity index is 2.00. The monoisotopic (exact) mass is 258 g/mol. The van der Waals surface area contributed by atoms with E-state index in [1.807, 2.05) is 29.1 Å². The molecule has 19 heavy (non-hydrogen) atoms. The zero-order valence-corrected chi connectivity index (χ0v) is 11.7. The van der Waals surface area contributed by atoms with Gasteiger partial charge in [-0.25, -0.2) is 4.68 Å². The topological polar surface area (TPSA) is 42.7 Å². The highest BCUT2D eigenvalue weighted by atomic mass is 15.4. The minimum Gasteiger partial charge on any atom is -0.316 e. The summed E-state index contributed by atoms with van der Waals surface area (Å²) in [6.07, 6.45) is 4.03. The highest BCUT2D eigenvalue weighted by molar-refractivity contribution is 5.31. The maximum absolute atomic E-state index is 4.18. The first kappa shape index (κ1) is 13.7. The molecule has 2 rings (SSSR count). The molecule has 1 aromatic heterocycles. The quantitative estimate of drug-likeness (QED) is 0.776. The highest BCUT2D eigenvalue weighted by Crippen LogP contribution is 2.12. The van der Waals surface area contributed by atoms with Gasteiger partial charge in [0.15, 0.2) is 0 Å². The number of nitrogens with zero attached hydrogens (tertiary/aromatic N) is 3. The average molecular weight is 258 g/mol. The summed E-state index contributed by atoms with van der Waals surface area (Å²) < 4.78 is 1.93. The van der Waals surface area contributed by atoms with Crippen molar-refractivity contribution in [3.05, 3.63) is 42.2 Å². The summed E-state index contributed by atoms with van der Waals surface area (Å²) in [6.45, 7) is 6.56. The van der Waals surface area contributed by atoms with Crippen LogP contribution < -0.4 is 5.32 Å². The van der Waals surface area contributed by atoms with Gasteiger partial charge in [-0.05, 0) is 44.0 Å². The predicted octanol–water partition coefficient (Wildman–Crippen LogP) is 2.45. The third-order valence-electron chi connectivity index (χ3n) is 3.10. The van der Waals surface area contributed by atoms with E-state index in [0.29, 0.717) is 5.92 Å². The van der Waals surface area contributed by atoms with Gasteiger partial charge in [-0.2, -0.15) is 0 Å². The van der Waals surface area contributed by atoms with E-state index < -0.39 is 0 Å². The summed E-state index contributed by atoms with van der Waals surface area (Å²) in [4.78, 5) is 0. The second-order valence-corrected chi connectivity index (χ2v) is 4.99. The van der Waals surface area contributed by atoms with Crippen LogP contribution in [0.4, 0.5) is 0 Å². The Morgan fingerprint density at radius 2 is 2.05 bits per heavy atom. The zero-order chi connectivity index (χ0) is 13.5. The van der Waals surface area contributed by atoms with Crippen molar-refractivity contribution in [2.45, 2.75) is 26.7 Å². The molecule has 1 atom stereocenters. The average Bonchev–Trinajstić information content (AvgIpc) is 2.88. The Bertz CT molecular complexity index is 478. The lowest BCUT2D eigenvalue weighted by atomic mass is 10.1. The Morgan fingerprint density at radius 3 is 2.79 bits per heavy atom. The van der Waals surface area contributed by atoms with Crippen molar-refractivity contribution in [3.8, 4) is 5.69 Å². The van der Waals surface area contributed by atoms with Crippen LogP contribution in [-0.4, -0.2) is 28.1 Å². The van der Waals surface area contributed by atoms with Gasteiger partial charge in [0.25, 0.3) is 0 Å². The van der Waals surface area contributed by atoms with Crippen molar-refractivity contribution in [1.82, 2.24) is 20.3 Å². The summed E-state index contributed by atoms with van der Waals surface area (Å²) in [7, 11) is 0. The van der Waals surface area contributed by atoms with Crippen LogP contribution in [0.5, 0.6) is 0 Å². The molecule has 0 saturated heterocycles. The number of rotatable bonds is 7. The van der Waals surface area contributed by atoms with Crippen LogP contribution in [0.15, 0.2) is 36.5 Å². The van der Waals surface area contributed by atoms with Gasteiger partial charge in [0.05, 0.1) is 17.6 Å². The first-order valence-electron chi connectivity index (χ1n) is 6.97. The fourth-order valence-electron chi connectivity index (χ4n) is 2.14. The molecule has 0 fully saturated rings. The minimum atomic E-state index is 0.576. The first-order valence-corrected chi connectivity index (χ1v) is 6.97. The number of nitrogens with one attached hydrogen (secondary N) is 1. The third kappa shape index (κ3) is 3.89. The lowest BCUT2D eigenvalue weighted by Crippen LogP contribution is -2.23. The normalized spacial score (nSPS) is 12.5. The molecule has 0 aliphatic heterocycles. The first-order chi connectivity index (χ1) is 9.31.